The van der Waals surface area contributed by atoms with Crippen molar-refractivity contribution in [3.63, 3.8) is 0 Å². The fourth-order valence-electron chi connectivity index (χ4n) is 0.953. The van der Waals surface area contributed by atoms with Gasteiger partial charge in [0.1, 0.15) is 19.6 Å². The smallest absolute Gasteiger partial charge is 0.102 e. The van der Waals surface area contributed by atoms with Gasteiger partial charge in [-0.25, -0.2) is 0 Å². The molecule has 0 aromatic rings. The molecule has 0 fully saturated rings. The topological polar surface area (TPSA) is 60.7 Å². The lowest BCUT2D eigenvalue weighted by molar-refractivity contribution is -0.890. The normalized spacial score (nSPS) is 10.7. The van der Waals surface area contributed by atoms with Crippen LogP contribution in [-0.4, -0.2) is 99.0 Å². The number of aliphatic hydroxyl groups excluding tert-OH is 3. The second kappa shape index (κ2) is 13.8. The van der Waals surface area contributed by atoms with Crippen LogP contribution in [0.15, 0.2) is 0 Å². The Hall–Kier alpha value is 0.380. The SMILES string of the molecule is C[N+](C)(C)CCO.C[N+](C)(CCO)CCO.[Cl-].[Cl-]. The van der Waals surface area contributed by atoms with Gasteiger partial charge in [-0.3, -0.25) is 0 Å². The Balaban J connectivity index is -0.000000100. The molecule has 0 aliphatic rings. The van der Waals surface area contributed by atoms with Crippen LogP contribution in [0.2, 0.25) is 0 Å². The molecule has 0 spiro atoms. The van der Waals surface area contributed by atoms with Gasteiger partial charge in [-0.15, -0.1) is 0 Å². The van der Waals surface area contributed by atoms with E-state index in [4.69, 9.17) is 15.3 Å². The third-order valence-electron chi connectivity index (χ3n) is 2.18. The molecule has 0 aromatic carbocycles. The predicted octanol–water partition coefficient (Wildman–Crippen LogP) is -7.26. The number of quaternary nitrogens is 2. The molecule has 0 atom stereocenters. The van der Waals surface area contributed by atoms with Crippen LogP contribution in [0.4, 0.5) is 0 Å². The maximum Gasteiger partial charge on any atom is 0.102 e. The van der Waals surface area contributed by atoms with Crippen LogP contribution in [-0.2, 0) is 0 Å². The van der Waals surface area contributed by atoms with Gasteiger partial charge in [0.2, 0.25) is 0 Å². The summed E-state index contributed by atoms with van der Waals surface area (Å²) in [4.78, 5) is 0. The Kier molecular flexibility index (Phi) is 20.6. The van der Waals surface area contributed by atoms with Crippen molar-refractivity contribution in [1.29, 1.82) is 0 Å². The summed E-state index contributed by atoms with van der Waals surface area (Å²) in [5.41, 5.74) is 0. The quantitative estimate of drug-likeness (QED) is 0.427. The van der Waals surface area contributed by atoms with Crippen molar-refractivity contribution in [3.05, 3.63) is 0 Å². The van der Waals surface area contributed by atoms with Crippen molar-refractivity contribution in [2.45, 2.75) is 0 Å². The molecule has 5 nitrogen and oxygen atoms in total. The zero-order valence-corrected chi connectivity index (χ0v) is 13.7. The first-order valence-corrected chi connectivity index (χ1v) is 5.63. The fraction of sp³-hybridized carbons (Fsp3) is 1.00. The lowest BCUT2D eigenvalue weighted by atomic mass is 10.4. The molecular weight excluding hydrogens is 279 g/mol. The Morgan fingerprint density at radius 1 is 0.611 bits per heavy atom. The van der Waals surface area contributed by atoms with Crippen LogP contribution in [0.3, 0.4) is 0 Å². The van der Waals surface area contributed by atoms with Crippen LogP contribution in [0.5, 0.6) is 0 Å². The highest BCUT2D eigenvalue weighted by molar-refractivity contribution is 4.29. The minimum absolute atomic E-state index is 0. The molecule has 0 aliphatic carbocycles. The molecule has 0 aromatic heterocycles. The van der Waals surface area contributed by atoms with Crippen molar-refractivity contribution in [2.75, 3.05) is 74.7 Å². The number of rotatable bonds is 6. The molecule has 0 amide bonds. The zero-order valence-electron chi connectivity index (χ0n) is 12.2. The highest BCUT2D eigenvalue weighted by atomic mass is 35.5. The number of nitrogens with zero attached hydrogens (tertiary/aromatic N) is 2. The van der Waals surface area contributed by atoms with E-state index in [-0.39, 0.29) is 44.6 Å². The third kappa shape index (κ3) is 25.3. The van der Waals surface area contributed by atoms with Gasteiger partial charge in [0.15, 0.2) is 0 Å². The molecule has 0 saturated heterocycles. The Bertz CT molecular complexity index is 157. The van der Waals surface area contributed by atoms with E-state index in [0.29, 0.717) is 17.6 Å². The van der Waals surface area contributed by atoms with E-state index in [2.05, 4.69) is 21.1 Å². The molecule has 0 rings (SSSR count). The van der Waals surface area contributed by atoms with E-state index in [1.807, 2.05) is 14.1 Å². The van der Waals surface area contributed by atoms with E-state index in [9.17, 15) is 0 Å². The van der Waals surface area contributed by atoms with Crippen LogP contribution in [0.25, 0.3) is 0 Å². The number of hydrogen-bond donors (Lipinski definition) is 3. The van der Waals surface area contributed by atoms with Crippen molar-refractivity contribution in [2.24, 2.45) is 0 Å². The van der Waals surface area contributed by atoms with Gasteiger partial charge >= 0.3 is 0 Å². The van der Waals surface area contributed by atoms with Crippen LogP contribution in [0.1, 0.15) is 0 Å². The number of aliphatic hydroxyl groups is 3. The fourth-order valence-corrected chi connectivity index (χ4v) is 0.953. The number of likely N-dealkylation sites (N-methyl/N-ethyl adjacent to an activating group) is 2. The first-order chi connectivity index (χ1) is 7.18. The first kappa shape index (κ1) is 26.8. The maximum atomic E-state index is 8.53. The van der Waals surface area contributed by atoms with E-state index in [1.165, 1.54) is 0 Å². The molecule has 116 valence electrons. The van der Waals surface area contributed by atoms with Crippen LogP contribution >= 0.6 is 0 Å². The third-order valence-corrected chi connectivity index (χ3v) is 2.18. The molecule has 0 unspecified atom stereocenters. The van der Waals surface area contributed by atoms with E-state index < -0.39 is 0 Å². The molecule has 0 radical (unpaired) electrons. The van der Waals surface area contributed by atoms with Crippen LogP contribution < -0.4 is 24.8 Å². The van der Waals surface area contributed by atoms with E-state index >= 15 is 0 Å². The summed E-state index contributed by atoms with van der Waals surface area (Å²) in [5, 5.41) is 25.4. The Morgan fingerprint density at radius 2 is 0.889 bits per heavy atom. The van der Waals surface area contributed by atoms with Crippen LogP contribution in [0, 0.1) is 0 Å². The average molecular weight is 309 g/mol. The van der Waals surface area contributed by atoms with Gasteiger partial charge in [0, 0.05) is 0 Å². The summed E-state index contributed by atoms with van der Waals surface area (Å²) in [6.07, 6.45) is 0. The molecular formula is C11H30Cl2N2O3. The van der Waals surface area contributed by atoms with Gasteiger partial charge in [-0.2, -0.15) is 0 Å². The van der Waals surface area contributed by atoms with Gasteiger partial charge in [-0.1, -0.05) is 0 Å². The van der Waals surface area contributed by atoms with Crippen molar-refractivity contribution in [3.8, 4) is 0 Å². The Morgan fingerprint density at radius 3 is 1.00 bits per heavy atom. The minimum Gasteiger partial charge on any atom is -1.00 e. The summed E-state index contributed by atoms with van der Waals surface area (Å²) in [6.45, 7) is 2.91. The summed E-state index contributed by atoms with van der Waals surface area (Å²) >= 11 is 0. The lowest BCUT2D eigenvalue weighted by Crippen LogP contribution is -3.00. The average Bonchev–Trinajstić information content (AvgIpc) is 2.01. The predicted molar refractivity (Wildman–Crippen MR) is 66.0 cm³/mol. The van der Waals surface area contributed by atoms with Gasteiger partial charge < -0.3 is 49.1 Å². The molecule has 18 heavy (non-hydrogen) atoms. The molecule has 0 bridgehead atoms. The van der Waals surface area contributed by atoms with Crippen molar-refractivity contribution in [1.82, 2.24) is 0 Å². The second-order valence-electron chi connectivity index (χ2n) is 5.57. The number of halogens is 2. The summed E-state index contributed by atoms with van der Waals surface area (Å²) in [7, 11) is 10.1. The van der Waals surface area contributed by atoms with Gasteiger partial charge in [-0.05, 0) is 0 Å². The monoisotopic (exact) mass is 308 g/mol. The molecule has 0 saturated carbocycles. The Labute approximate surface area is 124 Å². The second-order valence-corrected chi connectivity index (χ2v) is 5.57. The lowest BCUT2D eigenvalue weighted by Gasteiger charge is -2.27. The minimum atomic E-state index is 0. The van der Waals surface area contributed by atoms with E-state index in [0.717, 1.165) is 11.0 Å². The van der Waals surface area contributed by atoms with Crippen molar-refractivity contribution >= 4 is 0 Å². The largest absolute Gasteiger partial charge is 1.00 e. The zero-order chi connectivity index (χ0) is 13.2. The molecule has 3 N–H and O–H groups in total. The molecule has 7 heteroatoms. The summed E-state index contributed by atoms with van der Waals surface area (Å²) in [5.74, 6) is 0. The summed E-state index contributed by atoms with van der Waals surface area (Å²) < 4.78 is 1.53. The standard InChI is InChI=1S/C6H16NO2.C5H14NO.2ClH/c1-7(2,3-5-8)4-6-9;1-6(2,3)4-5-7;;/h8-9H,3-6H2,1-2H3;7H,4-5H2,1-3H3;2*1H/q2*+1;;/p-2. The van der Waals surface area contributed by atoms with Gasteiger partial charge in [0.25, 0.3) is 0 Å². The highest BCUT2D eigenvalue weighted by Crippen LogP contribution is 1.92. The highest BCUT2D eigenvalue weighted by Gasteiger charge is 2.11. The van der Waals surface area contributed by atoms with E-state index in [1.54, 1.807) is 0 Å². The molecule has 0 heterocycles. The number of hydrogen-bond acceptors (Lipinski definition) is 3. The maximum absolute atomic E-state index is 8.53. The summed E-state index contributed by atoms with van der Waals surface area (Å²) in [6, 6.07) is 0. The molecule has 0 aliphatic heterocycles. The van der Waals surface area contributed by atoms with Crippen molar-refractivity contribution < 1.29 is 49.1 Å². The first-order valence-electron chi connectivity index (χ1n) is 5.63. The van der Waals surface area contributed by atoms with Gasteiger partial charge in [0.05, 0.1) is 55.1 Å².